The van der Waals surface area contributed by atoms with Crippen LogP contribution in [-0.2, 0) is 9.53 Å². The van der Waals surface area contributed by atoms with Crippen molar-refractivity contribution in [2.75, 3.05) is 13.7 Å². The maximum atomic E-state index is 12.6. The van der Waals surface area contributed by atoms with Crippen LogP contribution in [0.25, 0.3) is 22.3 Å². The Morgan fingerprint density at radius 2 is 1.70 bits per heavy atom. The van der Waals surface area contributed by atoms with Crippen molar-refractivity contribution < 1.29 is 28.2 Å². The molecule has 0 aliphatic heterocycles. The first-order chi connectivity index (χ1) is 13.1. The van der Waals surface area contributed by atoms with Gasteiger partial charge < -0.3 is 18.6 Å². The van der Waals surface area contributed by atoms with Gasteiger partial charge >= 0.3 is 11.9 Å². The first-order valence-corrected chi connectivity index (χ1v) is 8.66. The molecule has 6 heteroatoms. The molecule has 0 bridgehead atoms. The summed E-state index contributed by atoms with van der Waals surface area (Å²) in [6.45, 7) is 3.68. The van der Waals surface area contributed by atoms with Crippen LogP contribution in [-0.4, -0.2) is 25.7 Å². The number of esters is 2. The second kappa shape index (κ2) is 7.95. The van der Waals surface area contributed by atoms with Crippen LogP contribution in [0.5, 0.6) is 11.5 Å². The van der Waals surface area contributed by atoms with Gasteiger partial charge in [0.05, 0.1) is 13.7 Å². The van der Waals surface area contributed by atoms with Crippen LogP contribution in [0.3, 0.4) is 0 Å². The number of methoxy groups -OCH3 is 1. The van der Waals surface area contributed by atoms with Crippen molar-refractivity contribution >= 4 is 22.9 Å². The number of carbonyl (C=O) groups is 2. The number of benzene rings is 2. The van der Waals surface area contributed by atoms with E-state index in [2.05, 4.69) is 0 Å². The Morgan fingerprint density at radius 3 is 2.33 bits per heavy atom. The SMILES string of the molecule is CCOC(=O)c1c(-c2ccc(OC)cc2)oc2ccc(OC(=O)CC)cc12. The summed E-state index contributed by atoms with van der Waals surface area (Å²) < 4.78 is 21.6. The summed E-state index contributed by atoms with van der Waals surface area (Å²) in [5.41, 5.74) is 1.51. The first-order valence-electron chi connectivity index (χ1n) is 8.66. The molecule has 1 aromatic heterocycles. The van der Waals surface area contributed by atoms with E-state index in [1.165, 1.54) is 0 Å². The third-order valence-electron chi connectivity index (χ3n) is 4.01. The van der Waals surface area contributed by atoms with Crippen LogP contribution >= 0.6 is 0 Å². The fraction of sp³-hybridized carbons (Fsp3) is 0.238. The van der Waals surface area contributed by atoms with E-state index < -0.39 is 5.97 Å². The van der Waals surface area contributed by atoms with Gasteiger partial charge in [-0.1, -0.05) is 6.92 Å². The summed E-state index contributed by atoms with van der Waals surface area (Å²) in [5.74, 6) is 0.584. The van der Waals surface area contributed by atoms with Crippen molar-refractivity contribution in [3.05, 3.63) is 48.0 Å². The van der Waals surface area contributed by atoms with Gasteiger partial charge in [-0.05, 0) is 49.4 Å². The second-order valence-corrected chi connectivity index (χ2v) is 5.74. The van der Waals surface area contributed by atoms with Crippen molar-refractivity contribution in [3.8, 4) is 22.8 Å². The molecule has 27 heavy (non-hydrogen) atoms. The number of furan rings is 1. The predicted octanol–water partition coefficient (Wildman–Crippen LogP) is 4.60. The minimum atomic E-state index is -0.499. The molecule has 0 aliphatic carbocycles. The molecule has 1 heterocycles. The monoisotopic (exact) mass is 368 g/mol. The molecule has 0 fully saturated rings. The predicted molar refractivity (Wildman–Crippen MR) is 100 cm³/mol. The fourth-order valence-electron chi connectivity index (χ4n) is 2.70. The molecule has 0 saturated carbocycles. The van der Waals surface area contributed by atoms with Gasteiger partial charge in [0.25, 0.3) is 0 Å². The highest BCUT2D eigenvalue weighted by Crippen LogP contribution is 2.36. The molecule has 2 aromatic carbocycles. The summed E-state index contributed by atoms with van der Waals surface area (Å²) in [6, 6.07) is 12.1. The molecule has 6 nitrogen and oxygen atoms in total. The lowest BCUT2D eigenvalue weighted by atomic mass is 10.1. The zero-order valence-electron chi connectivity index (χ0n) is 15.4. The topological polar surface area (TPSA) is 75.0 Å². The van der Waals surface area contributed by atoms with Gasteiger partial charge in [0.1, 0.15) is 28.4 Å². The van der Waals surface area contributed by atoms with Gasteiger partial charge in [-0.2, -0.15) is 0 Å². The summed E-state index contributed by atoms with van der Waals surface area (Å²) in [4.78, 5) is 24.2. The molecule has 140 valence electrons. The molecule has 0 atom stereocenters. The lowest BCUT2D eigenvalue weighted by molar-refractivity contribution is -0.134. The van der Waals surface area contributed by atoms with Crippen LogP contribution in [0.1, 0.15) is 30.6 Å². The van der Waals surface area contributed by atoms with E-state index in [4.69, 9.17) is 18.6 Å². The Balaban J connectivity index is 2.15. The largest absolute Gasteiger partial charge is 0.497 e. The average molecular weight is 368 g/mol. The number of hydrogen-bond donors (Lipinski definition) is 0. The van der Waals surface area contributed by atoms with E-state index in [9.17, 15) is 9.59 Å². The van der Waals surface area contributed by atoms with Gasteiger partial charge in [0.15, 0.2) is 0 Å². The van der Waals surface area contributed by atoms with Crippen LogP contribution in [0.15, 0.2) is 46.9 Å². The minimum absolute atomic E-state index is 0.234. The van der Waals surface area contributed by atoms with E-state index >= 15 is 0 Å². The summed E-state index contributed by atoms with van der Waals surface area (Å²) in [5, 5.41) is 0.528. The maximum Gasteiger partial charge on any atom is 0.342 e. The van der Waals surface area contributed by atoms with Crippen molar-refractivity contribution in [1.29, 1.82) is 0 Å². The Hall–Kier alpha value is -3.28. The van der Waals surface area contributed by atoms with Crippen LogP contribution < -0.4 is 9.47 Å². The minimum Gasteiger partial charge on any atom is -0.497 e. The number of ether oxygens (including phenoxy) is 3. The molecule has 3 aromatic rings. The normalized spacial score (nSPS) is 10.6. The fourth-order valence-corrected chi connectivity index (χ4v) is 2.70. The molecule has 0 aliphatic rings. The van der Waals surface area contributed by atoms with E-state index in [0.29, 0.717) is 39.4 Å². The highest BCUT2D eigenvalue weighted by Gasteiger charge is 2.24. The Morgan fingerprint density at radius 1 is 1.00 bits per heavy atom. The van der Waals surface area contributed by atoms with Crippen molar-refractivity contribution in [2.45, 2.75) is 20.3 Å². The Labute approximate surface area is 156 Å². The number of carbonyl (C=O) groups excluding carboxylic acids is 2. The van der Waals surface area contributed by atoms with Crippen LogP contribution in [0.2, 0.25) is 0 Å². The molecular formula is C21H20O6. The Bertz CT molecular complexity index is 968. The molecule has 0 unspecified atom stereocenters. The van der Waals surface area contributed by atoms with Crippen LogP contribution in [0, 0.1) is 0 Å². The number of rotatable bonds is 6. The van der Waals surface area contributed by atoms with Gasteiger partial charge in [0.2, 0.25) is 0 Å². The number of hydrogen-bond acceptors (Lipinski definition) is 6. The smallest absolute Gasteiger partial charge is 0.342 e. The molecular weight excluding hydrogens is 348 g/mol. The van der Waals surface area contributed by atoms with Crippen LogP contribution in [0.4, 0.5) is 0 Å². The van der Waals surface area contributed by atoms with Crippen molar-refractivity contribution in [2.24, 2.45) is 0 Å². The lowest BCUT2D eigenvalue weighted by Gasteiger charge is -2.05. The quantitative estimate of drug-likeness (QED) is 0.467. The molecule has 3 rings (SSSR count). The molecule has 0 N–H and O–H groups in total. The zero-order chi connectivity index (χ0) is 19.4. The van der Waals surface area contributed by atoms with Crippen molar-refractivity contribution in [3.63, 3.8) is 0 Å². The summed E-state index contributed by atoms with van der Waals surface area (Å²) in [7, 11) is 1.58. The van der Waals surface area contributed by atoms with Gasteiger partial charge in [-0.3, -0.25) is 4.79 Å². The van der Waals surface area contributed by atoms with Gasteiger partial charge in [-0.25, -0.2) is 4.79 Å². The first kappa shape index (κ1) is 18.5. The average Bonchev–Trinajstić information content (AvgIpc) is 3.07. The summed E-state index contributed by atoms with van der Waals surface area (Å²) in [6.07, 6.45) is 0.255. The van der Waals surface area contributed by atoms with E-state index in [1.54, 1.807) is 63.4 Å². The third kappa shape index (κ3) is 3.79. The standard InChI is InChI=1S/C21H20O6/c1-4-18(22)26-15-10-11-17-16(12-15)19(21(23)25-5-2)20(27-17)13-6-8-14(24-3)9-7-13/h6-12H,4-5H2,1-3H3. The molecule has 0 saturated heterocycles. The van der Waals surface area contributed by atoms with Crippen molar-refractivity contribution in [1.82, 2.24) is 0 Å². The highest BCUT2D eigenvalue weighted by molar-refractivity contribution is 6.09. The highest BCUT2D eigenvalue weighted by atomic mass is 16.5. The maximum absolute atomic E-state index is 12.6. The van der Waals surface area contributed by atoms with Gasteiger partial charge in [-0.15, -0.1) is 0 Å². The third-order valence-corrected chi connectivity index (χ3v) is 4.01. The van der Waals surface area contributed by atoms with E-state index in [-0.39, 0.29) is 19.0 Å². The second-order valence-electron chi connectivity index (χ2n) is 5.74. The zero-order valence-corrected chi connectivity index (χ0v) is 15.4. The lowest BCUT2D eigenvalue weighted by Crippen LogP contribution is -2.06. The Kier molecular flexibility index (Phi) is 5.45. The summed E-state index contributed by atoms with van der Waals surface area (Å²) >= 11 is 0. The molecule has 0 amide bonds. The van der Waals surface area contributed by atoms with E-state index in [1.807, 2.05) is 0 Å². The molecule has 0 spiro atoms. The molecule has 0 radical (unpaired) electrons. The van der Waals surface area contributed by atoms with Gasteiger partial charge in [0, 0.05) is 17.4 Å². The van der Waals surface area contributed by atoms with E-state index in [0.717, 1.165) is 0 Å². The number of fused-ring (bicyclic) bond motifs is 1.